The smallest absolute Gasteiger partial charge is 0.136 e. The Bertz CT molecular complexity index is 606. The number of Topliss-reactive ketones (excluding diaryl/α,β-unsaturated/α-hetero) is 1. The van der Waals surface area contributed by atoms with Crippen LogP contribution in [0.1, 0.15) is 62.5 Å². The lowest BCUT2D eigenvalue weighted by Gasteiger charge is -2.52. The molecule has 1 aromatic carbocycles. The standard InChI is InChI=1S/C20H26O2/c1-3-20-11-10-19(21)18(20)9-7-16-15-6-5-14(22-2)12-13(15)4-8-17(16)20/h5-6,12,16-18H,3-4,7-11H2,1-2H3. The van der Waals surface area contributed by atoms with E-state index in [1.54, 1.807) is 12.7 Å². The summed E-state index contributed by atoms with van der Waals surface area (Å²) in [5.74, 6) is 3.27. The molecule has 4 unspecified atom stereocenters. The number of fused-ring (bicyclic) bond motifs is 5. The van der Waals surface area contributed by atoms with Gasteiger partial charge in [-0.2, -0.15) is 0 Å². The van der Waals surface area contributed by atoms with Gasteiger partial charge in [-0.25, -0.2) is 0 Å². The summed E-state index contributed by atoms with van der Waals surface area (Å²) in [6.45, 7) is 2.32. The predicted octanol–water partition coefficient (Wildman–Crippen LogP) is 4.51. The van der Waals surface area contributed by atoms with Gasteiger partial charge in [-0.3, -0.25) is 4.79 Å². The molecule has 2 fully saturated rings. The topological polar surface area (TPSA) is 26.3 Å². The number of carbonyl (C=O) groups is 1. The fourth-order valence-electron chi connectivity index (χ4n) is 6.01. The van der Waals surface area contributed by atoms with E-state index in [-0.39, 0.29) is 0 Å². The predicted molar refractivity (Wildman–Crippen MR) is 87.2 cm³/mol. The van der Waals surface area contributed by atoms with Crippen molar-refractivity contribution in [2.24, 2.45) is 17.3 Å². The van der Waals surface area contributed by atoms with E-state index in [4.69, 9.17) is 4.74 Å². The van der Waals surface area contributed by atoms with Crippen LogP contribution in [0.15, 0.2) is 18.2 Å². The minimum atomic E-state index is 0.303. The summed E-state index contributed by atoms with van der Waals surface area (Å²) in [5, 5.41) is 0. The Kier molecular flexibility index (Phi) is 3.32. The molecule has 2 nitrogen and oxygen atoms in total. The van der Waals surface area contributed by atoms with E-state index < -0.39 is 0 Å². The van der Waals surface area contributed by atoms with Crippen LogP contribution < -0.4 is 4.74 Å². The molecule has 2 saturated carbocycles. The number of carbonyl (C=O) groups excluding carboxylic acids is 1. The lowest BCUT2D eigenvalue weighted by atomic mass is 9.52. The molecule has 0 saturated heterocycles. The van der Waals surface area contributed by atoms with Crippen LogP contribution in [0.25, 0.3) is 0 Å². The summed E-state index contributed by atoms with van der Waals surface area (Å²) in [6, 6.07) is 6.65. The monoisotopic (exact) mass is 298 g/mol. The molecule has 0 N–H and O–H groups in total. The van der Waals surface area contributed by atoms with E-state index in [0.717, 1.165) is 31.4 Å². The first-order chi connectivity index (χ1) is 10.7. The van der Waals surface area contributed by atoms with Crippen molar-refractivity contribution in [3.05, 3.63) is 29.3 Å². The van der Waals surface area contributed by atoms with Gasteiger partial charge in [0.15, 0.2) is 0 Å². The summed E-state index contributed by atoms with van der Waals surface area (Å²) in [6.07, 6.45) is 7.85. The van der Waals surface area contributed by atoms with E-state index in [0.29, 0.717) is 29.0 Å². The van der Waals surface area contributed by atoms with Gasteiger partial charge in [0.1, 0.15) is 11.5 Å². The summed E-state index contributed by atoms with van der Waals surface area (Å²) in [4.78, 5) is 12.4. The van der Waals surface area contributed by atoms with Gasteiger partial charge in [0.25, 0.3) is 0 Å². The molecule has 4 atom stereocenters. The molecule has 3 aliphatic rings. The van der Waals surface area contributed by atoms with Crippen LogP contribution in [0, 0.1) is 17.3 Å². The molecule has 0 aromatic heterocycles. The molecule has 0 radical (unpaired) electrons. The molecular formula is C20H26O2. The van der Waals surface area contributed by atoms with Crippen molar-refractivity contribution < 1.29 is 9.53 Å². The molecule has 0 bridgehead atoms. The largest absolute Gasteiger partial charge is 0.497 e. The lowest BCUT2D eigenvalue weighted by molar-refractivity contribution is -0.125. The molecule has 22 heavy (non-hydrogen) atoms. The van der Waals surface area contributed by atoms with Gasteiger partial charge in [0.05, 0.1) is 7.11 Å². The molecule has 2 heteroatoms. The second-order valence-electron chi connectivity index (χ2n) is 7.50. The molecule has 0 spiro atoms. The van der Waals surface area contributed by atoms with Crippen LogP contribution >= 0.6 is 0 Å². The van der Waals surface area contributed by atoms with E-state index in [1.165, 1.54) is 24.8 Å². The number of benzene rings is 1. The summed E-state index contributed by atoms with van der Waals surface area (Å²) in [7, 11) is 1.74. The van der Waals surface area contributed by atoms with Gasteiger partial charge in [-0.15, -0.1) is 0 Å². The number of hydrogen-bond acceptors (Lipinski definition) is 2. The number of ketones is 1. The highest BCUT2D eigenvalue weighted by Gasteiger charge is 2.56. The van der Waals surface area contributed by atoms with Crippen molar-refractivity contribution in [2.45, 2.75) is 57.8 Å². The molecule has 1 aromatic rings. The quantitative estimate of drug-likeness (QED) is 0.803. The summed E-state index contributed by atoms with van der Waals surface area (Å²) in [5.41, 5.74) is 3.33. The first kappa shape index (κ1) is 14.3. The second-order valence-corrected chi connectivity index (χ2v) is 7.50. The van der Waals surface area contributed by atoms with E-state index in [9.17, 15) is 4.79 Å². The van der Waals surface area contributed by atoms with Gasteiger partial charge in [-0.1, -0.05) is 13.0 Å². The van der Waals surface area contributed by atoms with Crippen molar-refractivity contribution in [3.8, 4) is 5.75 Å². The number of hydrogen-bond donors (Lipinski definition) is 0. The van der Waals surface area contributed by atoms with Crippen LogP contribution in [0.3, 0.4) is 0 Å². The van der Waals surface area contributed by atoms with Gasteiger partial charge in [0.2, 0.25) is 0 Å². The third-order valence-electron chi connectivity index (χ3n) is 7.04. The first-order valence-corrected chi connectivity index (χ1v) is 8.89. The average molecular weight is 298 g/mol. The fourth-order valence-corrected chi connectivity index (χ4v) is 6.01. The highest BCUT2D eigenvalue weighted by atomic mass is 16.5. The van der Waals surface area contributed by atoms with Crippen molar-refractivity contribution in [1.82, 2.24) is 0 Å². The maximum atomic E-state index is 12.4. The zero-order valence-corrected chi connectivity index (χ0v) is 13.7. The van der Waals surface area contributed by atoms with Gasteiger partial charge in [-0.05, 0) is 79.0 Å². The van der Waals surface area contributed by atoms with Gasteiger partial charge in [0, 0.05) is 12.3 Å². The maximum absolute atomic E-state index is 12.4. The molecule has 118 valence electrons. The van der Waals surface area contributed by atoms with Crippen LogP contribution in [0.5, 0.6) is 5.75 Å². The van der Waals surface area contributed by atoms with Crippen molar-refractivity contribution in [3.63, 3.8) is 0 Å². The third kappa shape index (κ3) is 1.82. The van der Waals surface area contributed by atoms with E-state index in [2.05, 4.69) is 25.1 Å². The molecular weight excluding hydrogens is 272 g/mol. The van der Waals surface area contributed by atoms with Crippen LogP contribution in [-0.2, 0) is 11.2 Å². The van der Waals surface area contributed by atoms with Gasteiger partial charge >= 0.3 is 0 Å². The summed E-state index contributed by atoms with van der Waals surface area (Å²) < 4.78 is 5.40. The number of methoxy groups -OCH3 is 1. The third-order valence-corrected chi connectivity index (χ3v) is 7.04. The molecule has 4 rings (SSSR count). The number of aryl methyl sites for hydroxylation is 1. The maximum Gasteiger partial charge on any atom is 0.136 e. The minimum absolute atomic E-state index is 0.303. The highest BCUT2D eigenvalue weighted by Crippen LogP contribution is 2.62. The van der Waals surface area contributed by atoms with Crippen molar-refractivity contribution >= 4 is 5.78 Å². The van der Waals surface area contributed by atoms with E-state index in [1.807, 2.05) is 0 Å². The zero-order valence-electron chi connectivity index (χ0n) is 13.7. The number of rotatable bonds is 2. The Morgan fingerprint density at radius 2 is 2.09 bits per heavy atom. The normalized spacial score (nSPS) is 36.5. The second kappa shape index (κ2) is 5.11. The Labute approximate surface area is 133 Å². The van der Waals surface area contributed by atoms with Crippen LogP contribution in [0.4, 0.5) is 0 Å². The zero-order chi connectivity index (χ0) is 15.3. The van der Waals surface area contributed by atoms with Crippen LogP contribution in [-0.4, -0.2) is 12.9 Å². The molecule has 3 aliphatic carbocycles. The Balaban J connectivity index is 1.74. The van der Waals surface area contributed by atoms with Crippen molar-refractivity contribution in [2.75, 3.05) is 7.11 Å². The minimum Gasteiger partial charge on any atom is -0.497 e. The Morgan fingerprint density at radius 3 is 2.86 bits per heavy atom. The Morgan fingerprint density at radius 1 is 1.23 bits per heavy atom. The fraction of sp³-hybridized carbons (Fsp3) is 0.650. The molecule has 0 aliphatic heterocycles. The average Bonchev–Trinajstić information content (AvgIpc) is 2.91. The number of ether oxygens (including phenoxy) is 1. The van der Waals surface area contributed by atoms with E-state index >= 15 is 0 Å². The highest BCUT2D eigenvalue weighted by molar-refractivity contribution is 5.84. The molecule has 0 amide bonds. The lowest BCUT2D eigenvalue weighted by Crippen LogP contribution is -2.44. The van der Waals surface area contributed by atoms with Gasteiger partial charge < -0.3 is 4.74 Å². The summed E-state index contributed by atoms with van der Waals surface area (Å²) >= 11 is 0. The van der Waals surface area contributed by atoms with Crippen LogP contribution in [0.2, 0.25) is 0 Å². The van der Waals surface area contributed by atoms with Crippen molar-refractivity contribution in [1.29, 1.82) is 0 Å². The Hall–Kier alpha value is -1.31. The SMILES string of the molecule is CCC12CCC(=O)C1CCC1c3ccc(OC)cc3CCC12. The first-order valence-electron chi connectivity index (χ1n) is 8.89. The molecule has 0 heterocycles.